The Morgan fingerprint density at radius 2 is 0.736 bits per heavy atom. The average Bonchev–Trinajstić information content (AvgIpc) is 3.32. The van der Waals surface area contributed by atoms with E-state index in [2.05, 4.69) is 27.7 Å². The number of carbonyl (C=O) groups excluding carboxylic acids is 6. The summed E-state index contributed by atoms with van der Waals surface area (Å²) in [6, 6.07) is 0. The fourth-order valence-corrected chi connectivity index (χ4v) is 10.4. The minimum absolute atomic E-state index is 0.0193. The van der Waals surface area contributed by atoms with E-state index in [0.717, 1.165) is 103 Å². The van der Waals surface area contributed by atoms with E-state index in [9.17, 15) is 33.9 Å². The first-order chi connectivity index (χ1) is 33.9. The van der Waals surface area contributed by atoms with Crippen molar-refractivity contribution >= 4 is 35.9 Å². The molecule has 4 rings (SSSR count). The fraction of sp³-hybridized carbons (Fsp3) is 0.895. The van der Waals surface area contributed by atoms with Crippen LogP contribution in [0.4, 0.5) is 4.79 Å². The van der Waals surface area contributed by atoms with Crippen LogP contribution in [0.3, 0.4) is 0 Å². The molecule has 72 heavy (non-hydrogen) atoms. The van der Waals surface area contributed by atoms with Crippen LogP contribution in [-0.4, -0.2) is 111 Å². The molecule has 4 fully saturated rings. The molecule has 0 spiro atoms. The summed E-state index contributed by atoms with van der Waals surface area (Å²) in [4.78, 5) is 80.7. The smallest absolute Gasteiger partial charge is 0.410 e. The van der Waals surface area contributed by atoms with Crippen molar-refractivity contribution < 1.29 is 67.0 Å². The van der Waals surface area contributed by atoms with Crippen LogP contribution in [0, 0.1) is 58.2 Å². The third-order valence-electron chi connectivity index (χ3n) is 15.8. The molecular weight excluding hydrogens is 923 g/mol. The molecule has 15 heteroatoms. The molecule has 0 aromatic carbocycles. The SMILES string of the molecule is CC1CCC(CC(=O)OCC(C)(COC(=O)CCN(CCC(=O)OCC(C)(COC(=O)CC2CCC(C)CC2)COC(O)CC2CCC(C)CC2)C(=O)OC(C)(C)C)COC(=O)CC2CCC(C)CC2)CC1. The molecule has 4 aliphatic carbocycles. The summed E-state index contributed by atoms with van der Waals surface area (Å²) in [6.07, 6.45) is 15.9. The van der Waals surface area contributed by atoms with Crippen LogP contribution < -0.4 is 0 Å². The van der Waals surface area contributed by atoms with Crippen LogP contribution in [0.1, 0.15) is 204 Å². The van der Waals surface area contributed by atoms with E-state index in [4.69, 9.17) is 33.2 Å². The van der Waals surface area contributed by atoms with Crippen molar-refractivity contribution in [1.29, 1.82) is 0 Å². The van der Waals surface area contributed by atoms with Crippen LogP contribution in [-0.2, 0) is 57.1 Å². The van der Waals surface area contributed by atoms with E-state index in [0.29, 0.717) is 55.3 Å². The van der Waals surface area contributed by atoms with Crippen LogP contribution in [0.5, 0.6) is 0 Å². The lowest BCUT2D eigenvalue weighted by Crippen LogP contribution is -2.41. The molecule has 0 aliphatic heterocycles. The number of ether oxygens (including phenoxy) is 7. The number of hydrogen-bond acceptors (Lipinski definition) is 14. The second kappa shape index (κ2) is 30.2. The monoisotopic (exact) mass is 1020 g/mol. The molecule has 2 atom stereocenters. The maximum absolute atomic E-state index is 13.5. The molecule has 4 saturated carbocycles. The number of rotatable bonds is 27. The Balaban J connectivity index is 1.33. The lowest BCUT2D eigenvalue weighted by atomic mass is 9.81. The second-order valence-corrected chi connectivity index (χ2v) is 25.0. The average molecular weight is 1020 g/mol. The van der Waals surface area contributed by atoms with Crippen molar-refractivity contribution in [2.45, 2.75) is 215 Å². The van der Waals surface area contributed by atoms with Gasteiger partial charge in [-0.1, -0.05) is 98.8 Å². The molecule has 414 valence electrons. The van der Waals surface area contributed by atoms with Gasteiger partial charge in [0, 0.05) is 38.8 Å². The minimum atomic E-state index is -1.03. The molecular formula is C57H97NO14. The highest BCUT2D eigenvalue weighted by atomic mass is 16.6. The Morgan fingerprint density at radius 3 is 1.06 bits per heavy atom. The van der Waals surface area contributed by atoms with E-state index in [1.807, 2.05) is 0 Å². The van der Waals surface area contributed by atoms with Crippen molar-refractivity contribution in [3.8, 4) is 0 Å². The first-order valence-electron chi connectivity index (χ1n) is 28.0. The van der Waals surface area contributed by atoms with Crippen molar-refractivity contribution in [3.63, 3.8) is 0 Å². The van der Waals surface area contributed by atoms with Gasteiger partial charge in [-0.2, -0.15) is 0 Å². The van der Waals surface area contributed by atoms with E-state index >= 15 is 0 Å². The molecule has 15 nitrogen and oxygen atoms in total. The third kappa shape index (κ3) is 24.7. The maximum atomic E-state index is 13.5. The summed E-state index contributed by atoms with van der Waals surface area (Å²) < 4.78 is 40.4. The molecule has 1 N–H and O–H groups in total. The Morgan fingerprint density at radius 1 is 0.444 bits per heavy atom. The number of nitrogens with zero attached hydrogens (tertiary/aromatic N) is 1. The summed E-state index contributed by atoms with van der Waals surface area (Å²) in [5.41, 5.74) is -2.88. The predicted octanol–water partition coefficient (Wildman–Crippen LogP) is 10.9. The lowest BCUT2D eigenvalue weighted by Gasteiger charge is -2.32. The Kier molecular flexibility index (Phi) is 25.6. The van der Waals surface area contributed by atoms with E-state index < -0.39 is 40.8 Å². The number of hydrogen-bond donors (Lipinski definition) is 1. The molecule has 1 amide bonds. The zero-order valence-corrected chi connectivity index (χ0v) is 46.1. The van der Waals surface area contributed by atoms with Gasteiger partial charge >= 0.3 is 35.9 Å². The quantitative estimate of drug-likeness (QED) is 0.0464. The van der Waals surface area contributed by atoms with Crippen LogP contribution in [0.25, 0.3) is 0 Å². The number of aliphatic hydroxyl groups is 1. The van der Waals surface area contributed by atoms with Gasteiger partial charge < -0.3 is 43.2 Å². The summed E-state index contributed by atoms with van der Waals surface area (Å²) in [5, 5.41) is 10.9. The van der Waals surface area contributed by atoms with Crippen molar-refractivity contribution in [3.05, 3.63) is 0 Å². The van der Waals surface area contributed by atoms with Gasteiger partial charge in [-0.3, -0.25) is 24.0 Å². The number of carbonyl (C=O) groups is 6. The Bertz CT molecular complexity index is 1630. The Hall–Kier alpha value is -3.46. The second-order valence-electron chi connectivity index (χ2n) is 25.0. The highest BCUT2D eigenvalue weighted by molar-refractivity contribution is 5.74. The van der Waals surface area contributed by atoms with Crippen LogP contribution in [0.2, 0.25) is 0 Å². The molecule has 0 saturated heterocycles. The fourth-order valence-electron chi connectivity index (χ4n) is 10.4. The highest BCUT2D eigenvalue weighted by Gasteiger charge is 2.35. The minimum Gasteiger partial charge on any atom is -0.465 e. The number of aliphatic hydroxyl groups excluding tert-OH is 1. The largest absolute Gasteiger partial charge is 0.465 e. The summed E-state index contributed by atoms with van der Waals surface area (Å²) >= 11 is 0. The standard InChI is InChI=1S/C57H97NO14/c1-40-10-18-44(19-11-40)30-50(61)68-36-56(8,37-69-51(62)31-45-20-12-41(2)13-21-45)34-66-48(59)26-28-58(54(65)72-55(5,6)7)29-27-49(60)67-35-57(9,38-70-52(63)32-46-22-14-42(3)15-23-46)39-71-53(64)33-47-24-16-43(4)17-25-47/h40-47,50,61H,10-39H2,1-9H3. The Labute approximate surface area is 432 Å². The van der Waals surface area contributed by atoms with Crippen molar-refractivity contribution in [1.82, 2.24) is 4.90 Å². The first kappa shape index (κ1) is 61.1. The van der Waals surface area contributed by atoms with Gasteiger partial charge in [0.05, 0.1) is 30.3 Å². The van der Waals surface area contributed by atoms with Gasteiger partial charge in [-0.15, -0.1) is 0 Å². The molecule has 0 heterocycles. The molecule has 0 radical (unpaired) electrons. The summed E-state index contributed by atoms with van der Waals surface area (Å²) in [6.45, 7) is 16.7. The third-order valence-corrected chi connectivity index (χ3v) is 15.8. The first-order valence-corrected chi connectivity index (χ1v) is 28.0. The molecule has 0 aromatic rings. The highest BCUT2D eigenvalue weighted by Crippen LogP contribution is 2.35. The normalized spacial score (nSPS) is 26.9. The van der Waals surface area contributed by atoms with Gasteiger partial charge in [-0.25, -0.2) is 4.79 Å². The number of amides is 1. The van der Waals surface area contributed by atoms with Crippen LogP contribution in [0.15, 0.2) is 0 Å². The zero-order valence-electron chi connectivity index (χ0n) is 46.1. The number of esters is 5. The zero-order chi connectivity index (χ0) is 52.9. The topological polar surface area (TPSA) is 190 Å². The molecule has 0 aromatic heterocycles. The summed E-state index contributed by atoms with van der Waals surface area (Å²) in [7, 11) is 0. The van der Waals surface area contributed by atoms with Gasteiger partial charge in [0.25, 0.3) is 0 Å². The lowest BCUT2D eigenvalue weighted by molar-refractivity contribution is -0.170. The van der Waals surface area contributed by atoms with Gasteiger partial charge in [0.2, 0.25) is 0 Å². The molecule has 0 bridgehead atoms. The van der Waals surface area contributed by atoms with E-state index in [1.165, 1.54) is 4.90 Å². The van der Waals surface area contributed by atoms with Crippen LogP contribution >= 0.6 is 0 Å². The van der Waals surface area contributed by atoms with Gasteiger partial charge in [-0.05, 0) is 114 Å². The van der Waals surface area contributed by atoms with Crippen molar-refractivity contribution in [2.75, 3.05) is 52.7 Å². The molecule has 2 unspecified atom stereocenters. The van der Waals surface area contributed by atoms with Gasteiger partial charge in [0.1, 0.15) is 38.6 Å². The predicted molar refractivity (Wildman–Crippen MR) is 273 cm³/mol. The van der Waals surface area contributed by atoms with Crippen molar-refractivity contribution in [2.24, 2.45) is 58.2 Å². The van der Waals surface area contributed by atoms with Gasteiger partial charge in [0.15, 0.2) is 6.29 Å². The van der Waals surface area contributed by atoms with E-state index in [1.54, 1.807) is 34.6 Å². The maximum Gasteiger partial charge on any atom is 0.410 e. The molecule has 4 aliphatic rings. The summed E-state index contributed by atoms with van der Waals surface area (Å²) in [5.74, 6) is 1.54. The van der Waals surface area contributed by atoms with E-state index in [-0.39, 0.29) is 101 Å².